The molecule has 0 unspecified atom stereocenters. The molecule has 3 rings (SSSR count). The van der Waals surface area contributed by atoms with E-state index in [1.54, 1.807) is 0 Å². The molecule has 0 spiro atoms. The van der Waals surface area contributed by atoms with Crippen LogP contribution in [0.3, 0.4) is 0 Å². The first kappa shape index (κ1) is 16.0. The molecule has 0 bridgehead atoms. The van der Waals surface area contributed by atoms with Crippen LogP contribution in [-0.4, -0.2) is 35.2 Å². The van der Waals surface area contributed by atoms with Gasteiger partial charge in [-0.3, -0.25) is 4.79 Å². The van der Waals surface area contributed by atoms with Crippen molar-refractivity contribution in [2.24, 2.45) is 0 Å². The van der Waals surface area contributed by atoms with Gasteiger partial charge in [0, 0.05) is 12.0 Å². The molecule has 1 aliphatic rings. The molecule has 0 aromatic heterocycles. The Morgan fingerprint density at radius 3 is 2.48 bits per heavy atom. The van der Waals surface area contributed by atoms with Crippen molar-refractivity contribution < 1.29 is 14.4 Å². The molecule has 1 fully saturated rings. The second-order valence-electron chi connectivity index (χ2n) is 6.91. The molecule has 3 heteroatoms. The summed E-state index contributed by atoms with van der Waals surface area (Å²) in [7, 11) is 0. The van der Waals surface area contributed by atoms with Crippen LogP contribution in [0.2, 0.25) is 0 Å². The van der Waals surface area contributed by atoms with Crippen molar-refractivity contribution in [3.8, 4) is 0 Å². The fourth-order valence-corrected chi connectivity index (χ4v) is 3.93. The average Bonchev–Trinajstić information content (AvgIpc) is 2.55. The lowest BCUT2D eigenvalue weighted by Crippen LogP contribution is -2.51. The number of piperidine rings is 1. The molecule has 23 heavy (non-hydrogen) atoms. The molecule has 2 aromatic carbocycles. The smallest absolute Gasteiger partial charge is 0.303 e. The Hall–Kier alpha value is -1.87. The zero-order valence-corrected chi connectivity index (χ0v) is 13.7. The number of carboxylic acid groups (broad SMARTS) is 1. The summed E-state index contributed by atoms with van der Waals surface area (Å²) < 4.78 is 1.06. The third-order valence-electron chi connectivity index (χ3n) is 5.12. The summed E-state index contributed by atoms with van der Waals surface area (Å²) in [6.45, 7) is 4.39. The summed E-state index contributed by atoms with van der Waals surface area (Å²) in [5.74, 6) is -0.675. The number of benzene rings is 2. The normalized spacial score (nSPS) is 17.2. The van der Waals surface area contributed by atoms with E-state index in [1.807, 2.05) is 0 Å². The summed E-state index contributed by atoms with van der Waals surface area (Å²) in [4.78, 5) is 10.8. The SMILES string of the molecule is O=C(O)CCC[N+]1(Cc2ccc3ccccc3c2)CCCCC1. The van der Waals surface area contributed by atoms with E-state index >= 15 is 0 Å². The minimum absolute atomic E-state index is 0.289. The van der Waals surface area contributed by atoms with Gasteiger partial charge in [0.1, 0.15) is 6.54 Å². The van der Waals surface area contributed by atoms with Gasteiger partial charge in [0.05, 0.1) is 26.1 Å². The number of hydrogen-bond acceptors (Lipinski definition) is 1. The Bertz CT molecular complexity index is 674. The number of rotatable bonds is 6. The highest BCUT2D eigenvalue weighted by atomic mass is 16.4. The molecule has 0 aliphatic carbocycles. The van der Waals surface area contributed by atoms with Crippen LogP contribution in [0.4, 0.5) is 0 Å². The van der Waals surface area contributed by atoms with Crippen molar-refractivity contribution in [3.63, 3.8) is 0 Å². The van der Waals surface area contributed by atoms with Crippen LogP contribution in [-0.2, 0) is 11.3 Å². The van der Waals surface area contributed by atoms with E-state index in [4.69, 9.17) is 5.11 Å². The molecular formula is C20H26NO2+. The van der Waals surface area contributed by atoms with Crippen LogP contribution in [0.5, 0.6) is 0 Å². The summed E-state index contributed by atoms with van der Waals surface area (Å²) in [5.41, 5.74) is 1.38. The standard InChI is InChI=1S/C20H25NO2/c22-20(23)9-6-14-21(12-4-1-5-13-21)16-17-10-11-18-7-2-3-8-19(18)15-17/h2-3,7-8,10-11,15H,1,4-6,9,12-14,16H2/p+1. The number of likely N-dealkylation sites (tertiary alicyclic amines) is 1. The summed E-state index contributed by atoms with van der Waals surface area (Å²) in [5, 5.41) is 11.5. The first-order valence-corrected chi connectivity index (χ1v) is 8.72. The van der Waals surface area contributed by atoms with Gasteiger partial charge >= 0.3 is 5.97 Å². The number of hydrogen-bond donors (Lipinski definition) is 1. The highest BCUT2D eigenvalue weighted by Crippen LogP contribution is 2.25. The van der Waals surface area contributed by atoms with E-state index in [-0.39, 0.29) is 6.42 Å². The van der Waals surface area contributed by atoms with Crippen LogP contribution >= 0.6 is 0 Å². The molecule has 1 N–H and O–H groups in total. The predicted octanol–water partition coefficient (Wildman–Crippen LogP) is 4.21. The third-order valence-corrected chi connectivity index (χ3v) is 5.12. The molecule has 0 atom stereocenters. The first-order chi connectivity index (χ1) is 11.2. The number of nitrogens with zero attached hydrogens (tertiary/aromatic N) is 1. The van der Waals surface area contributed by atoms with Crippen LogP contribution < -0.4 is 0 Å². The van der Waals surface area contributed by atoms with Crippen molar-refractivity contribution in [2.45, 2.75) is 38.6 Å². The molecule has 1 aliphatic heterocycles. The first-order valence-electron chi connectivity index (χ1n) is 8.72. The van der Waals surface area contributed by atoms with Gasteiger partial charge in [0.15, 0.2) is 0 Å². The largest absolute Gasteiger partial charge is 0.481 e. The van der Waals surface area contributed by atoms with Crippen LogP contribution in [0.15, 0.2) is 42.5 Å². The predicted molar refractivity (Wildman–Crippen MR) is 93.2 cm³/mol. The van der Waals surface area contributed by atoms with Gasteiger partial charge in [0.2, 0.25) is 0 Å². The zero-order chi connectivity index (χ0) is 16.1. The van der Waals surface area contributed by atoms with Crippen molar-refractivity contribution in [2.75, 3.05) is 19.6 Å². The van der Waals surface area contributed by atoms with Gasteiger partial charge in [-0.25, -0.2) is 0 Å². The van der Waals surface area contributed by atoms with Gasteiger partial charge in [-0.1, -0.05) is 36.4 Å². The molecule has 122 valence electrons. The minimum Gasteiger partial charge on any atom is -0.481 e. The summed E-state index contributed by atoms with van der Waals surface area (Å²) >= 11 is 0. The van der Waals surface area contributed by atoms with Crippen molar-refractivity contribution in [3.05, 3.63) is 48.0 Å². The molecule has 1 saturated heterocycles. The van der Waals surface area contributed by atoms with Gasteiger partial charge in [-0.15, -0.1) is 0 Å². The van der Waals surface area contributed by atoms with Crippen LogP contribution in [0.25, 0.3) is 10.8 Å². The number of carboxylic acids is 1. The highest BCUT2D eigenvalue weighted by molar-refractivity contribution is 5.82. The number of aliphatic carboxylic acids is 1. The van der Waals surface area contributed by atoms with E-state index in [0.29, 0.717) is 0 Å². The molecule has 3 nitrogen and oxygen atoms in total. The summed E-state index contributed by atoms with van der Waals surface area (Å²) in [6.07, 6.45) is 4.92. The van der Waals surface area contributed by atoms with E-state index in [9.17, 15) is 4.79 Å². The number of quaternary nitrogens is 1. The Labute approximate surface area is 138 Å². The van der Waals surface area contributed by atoms with E-state index in [2.05, 4.69) is 42.5 Å². The van der Waals surface area contributed by atoms with Gasteiger partial charge < -0.3 is 9.59 Å². The fourth-order valence-electron chi connectivity index (χ4n) is 3.93. The minimum atomic E-state index is -0.675. The third kappa shape index (κ3) is 4.11. The Morgan fingerprint density at radius 2 is 1.74 bits per heavy atom. The van der Waals surface area contributed by atoms with E-state index < -0.39 is 5.97 Å². The zero-order valence-electron chi connectivity index (χ0n) is 13.7. The lowest BCUT2D eigenvalue weighted by molar-refractivity contribution is -0.945. The molecular weight excluding hydrogens is 286 g/mol. The van der Waals surface area contributed by atoms with Gasteiger partial charge in [-0.2, -0.15) is 0 Å². The van der Waals surface area contributed by atoms with E-state index in [1.165, 1.54) is 48.7 Å². The topological polar surface area (TPSA) is 37.3 Å². The maximum absolute atomic E-state index is 10.8. The molecule has 2 aromatic rings. The van der Waals surface area contributed by atoms with E-state index in [0.717, 1.165) is 24.0 Å². The van der Waals surface area contributed by atoms with Gasteiger partial charge in [-0.05, 0) is 36.1 Å². The summed E-state index contributed by atoms with van der Waals surface area (Å²) in [6, 6.07) is 15.2. The Morgan fingerprint density at radius 1 is 1.00 bits per heavy atom. The Kier molecular flexibility index (Phi) is 4.97. The van der Waals surface area contributed by atoms with Crippen molar-refractivity contribution in [1.82, 2.24) is 0 Å². The maximum Gasteiger partial charge on any atom is 0.303 e. The highest BCUT2D eigenvalue weighted by Gasteiger charge is 2.30. The molecule has 1 heterocycles. The quantitative estimate of drug-likeness (QED) is 0.812. The lowest BCUT2D eigenvalue weighted by Gasteiger charge is -2.42. The van der Waals surface area contributed by atoms with Crippen molar-refractivity contribution >= 4 is 16.7 Å². The van der Waals surface area contributed by atoms with Crippen LogP contribution in [0.1, 0.15) is 37.7 Å². The molecule has 0 radical (unpaired) electrons. The van der Waals surface area contributed by atoms with Crippen molar-refractivity contribution in [1.29, 1.82) is 0 Å². The maximum atomic E-state index is 10.8. The molecule has 0 saturated carbocycles. The second-order valence-corrected chi connectivity index (χ2v) is 6.91. The van der Waals surface area contributed by atoms with Gasteiger partial charge in [0.25, 0.3) is 0 Å². The average molecular weight is 312 g/mol. The monoisotopic (exact) mass is 312 g/mol. The second kappa shape index (κ2) is 7.14. The number of carbonyl (C=O) groups is 1. The van der Waals surface area contributed by atoms with Crippen LogP contribution in [0, 0.1) is 0 Å². The fraction of sp³-hybridized carbons (Fsp3) is 0.450. The lowest BCUT2D eigenvalue weighted by atomic mass is 10.0. The molecule has 0 amide bonds. The Balaban J connectivity index is 1.77. The number of fused-ring (bicyclic) bond motifs is 1.